The van der Waals surface area contributed by atoms with Crippen LogP contribution in [0, 0.1) is 0 Å². The highest BCUT2D eigenvalue weighted by Gasteiger charge is 2.20. The number of anilines is 2. The Balaban J connectivity index is 1.70. The quantitative estimate of drug-likeness (QED) is 0.780. The second-order valence-electron chi connectivity index (χ2n) is 5.55. The molecular weight excluding hydrogens is 332 g/mol. The fourth-order valence-electron chi connectivity index (χ4n) is 2.42. The summed E-state index contributed by atoms with van der Waals surface area (Å²) >= 11 is 0. The number of ether oxygens (including phenoxy) is 2. The summed E-state index contributed by atoms with van der Waals surface area (Å²) in [4.78, 5) is 24.6. The summed E-state index contributed by atoms with van der Waals surface area (Å²) in [6.07, 6.45) is 2.58. The van der Waals surface area contributed by atoms with E-state index in [-0.39, 0.29) is 23.0 Å². The van der Waals surface area contributed by atoms with Crippen molar-refractivity contribution in [2.24, 2.45) is 0 Å². The standard InChI is InChI=1S/C20H18N2O4/c1-25-15-7-3-13(4-8-15)21-17-11-20(24)18(12-19(17)23)22-14-5-9-16(26-2)10-6-14/h3-12,21-22H,1-2H3. The maximum absolute atomic E-state index is 12.3. The second-order valence-corrected chi connectivity index (χ2v) is 5.55. The smallest absolute Gasteiger partial charge is 0.204 e. The van der Waals surface area contributed by atoms with Crippen LogP contribution in [0.25, 0.3) is 0 Å². The number of hydrogen-bond acceptors (Lipinski definition) is 6. The SMILES string of the molecule is COc1ccc(NC2=CC(=O)C(Nc3ccc(OC)cc3)=CC2=O)cc1. The van der Waals surface area contributed by atoms with Crippen LogP contribution in [-0.4, -0.2) is 25.8 Å². The molecule has 2 aromatic rings. The molecule has 6 heteroatoms. The van der Waals surface area contributed by atoms with Crippen LogP contribution >= 0.6 is 0 Å². The average Bonchev–Trinajstić information content (AvgIpc) is 2.67. The number of allylic oxidation sites excluding steroid dienone is 2. The molecule has 0 fully saturated rings. The van der Waals surface area contributed by atoms with Crippen molar-refractivity contribution >= 4 is 22.9 Å². The van der Waals surface area contributed by atoms with Crippen molar-refractivity contribution in [3.05, 3.63) is 72.1 Å². The largest absolute Gasteiger partial charge is 0.497 e. The first-order valence-corrected chi connectivity index (χ1v) is 7.93. The maximum atomic E-state index is 12.3. The van der Waals surface area contributed by atoms with Gasteiger partial charge in [-0.2, -0.15) is 0 Å². The molecule has 1 aliphatic rings. The number of hydrogen-bond donors (Lipinski definition) is 2. The van der Waals surface area contributed by atoms with E-state index in [1.54, 1.807) is 62.8 Å². The van der Waals surface area contributed by atoms with Crippen LogP contribution in [0.3, 0.4) is 0 Å². The third-order valence-corrected chi connectivity index (χ3v) is 3.82. The number of benzene rings is 2. The minimum Gasteiger partial charge on any atom is -0.497 e. The molecule has 0 spiro atoms. The van der Waals surface area contributed by atoms with Gasteiger partial charge in [0.05, 0.1) is 25.6 Å². The Labute approximate surface area is 151 Å². The molecular formula is C20H18N2O4. The first kappa shape index (κ1) is 17.3. The lowest BCUT2D eigenvalue weighted by Crippen LogP contribution is -2.21. The molecule has 2 aromatic carbocycles. The van der Waals surface area contributed by atoms with E-state index in [9.17, 15) is 9.59 Å². The van der Waals surface area contributed by atoms with E-state index in [0.717, 1.165) is 0 Å². The number of ketones is 2. The Morgan fingerprint density at radius 1 is 0.615 bits per heavy atom. The molecule has 2 N–H and O–H groups in total. The van der Waals surface area contributed by atoms with Gasteiger partial charge in [0.2, 0.25) is 11.6 Å². The first-order valence-electron chi connectivity index (χ1n) is 7.93. The van der Waals surface area contributed by atoms with Gasteiger partial charge in [0, 0.05) is 23.5 Å². The van der Waals surface area contributed by atoms with Crippen molar-refractivity contribution in [2.75, 3.05) is 24.9 Å². The molecule has 0 saturated heterocycles. The minimum atomic E-state index is -0.281. The molecule has 26 heavy (non-hydrogen) atoms. The highest BCUT2D eigenvalue weighted by molar-refractivity contribution is 6.21. The summed E-state index contributed by atoms with van der Waals surface area (Å²) in [5.41, 5.74) is 1.83. The van der Waals surface area contributed by atoms with Gasteiger partial charge in [-0.15, -0.1) is 0 Å². The summed E-state index contributed by atoms with van der Waals surface area (Å²) < 4.78 is 10.2. The molecule has 6 nitrogen and oxygen atoms in total. The maximum Gasteiger partial charge on any atom is 0.204 e. The van der Waals surface area contributed by atoms with Crippen LogP contribution in [0.4, 0.5) is 11.4 Å². The molecule has 0 atom stereocenters. The number of rotatable bonds is 6. The van der Waals surface area contributed by atoms with E-state index in [0.29, 0.717) is 22.9 Å². The molecule has 132 valence electrons. The third kappa shape index (κ3) is 3.92. The Bertz CT molecular complexity index is 806. The van der Waals surface area contributed by atoms with Crippen LogP contribution in [0.5, 0.6) is 11.5 Å². The lowest BCUT2D eigenvalue weighted by molar-refractivity contribution is -0.115. The van der Waals surface area contributed by atoms with Crippen molar-refractivity contribution in [3.8, 4) is 11.5 Å². The second kappa shape index (κ2) is 7.57. The van der Waals surface area contributed by atoms with Crippen molar-refractivity contribution in [1.29, 1.82) is 0 Å². The fraction of sp³-hybridized carbons (Fsp3) is 0.100. The molecule has 3 rings (SSSR count). The molecule has 0 aromatic heterocycles. The summed E-state index contributed by atoms with van der Waals surface area (Å²) in [7, 11) is 3.16. The molecule has 0 radical (unpaired) electrons. The van der Waals surface area contributed by atoms with Crippen molar-refractivity contribution < 1.29 is 19.1 Å². The van der Waals surface area contributed by atoms with Gasteiger partial charge in [-0.1, -0.05) is 0 Å². The van der Waals surface area contributed by atoms with Crippen LogP contribution in [0.1, 0.15) is 0 Å². The molecule has 0 saturated carbocycles. The third-order valence-electron chi connectivity index (χ3n) is 3.82. The van der Waals surface area contributed by atoms with Gasteiger partial charge in [0.1, 0.15) is 11.5 Å². The normalized spacial score (nSPS) is 13.6. The van der Waals surface area contributed by atoms with Crippen LogP contribution in [0.2, 0.25) is 0 Å². The van der Waals surface area contributed by atoms with Gasteiger partial charge in [0.15, 0.2) is 0 Å². The molecule has 0 amide bonds. The van der Waals surface area contributed by atoms with Gasteiger partial charge < -0.3 is 20.1 Å². The van der Waals surface area contributed by atoms with E-state index in [2.05, 4.69) is 10.6 Å². The molecule has 0 bridgehead atoms. The zero-order valence-electron chi connectivity index (χ0n) is 14.4. The first-order chi connectivity index (χ1) is 12.6. The Hall–Kier alpha value is -3.54. The molecule has 1 aliphatic carbocycles. The number of carbonyl (C=O) groups is 2. The Kier molecular flexibility index (Phi) is 5.03. The van der Waals surface area contributed by atoms with E-state index >= 15 is 0 Å². The van der Waals surface area contributed by atoms with Crippen molar-refractivity contribution in [1.82, 2.24) is 0 Å². The monoisotopic (exact) mass is 350 g/mol. The summed E-state index contributed by atoms with van der Waals surface area (Å²) in [5.74, 6) is 0.857. The predicted molar refractivity (Wildman–Crippen MR) is 99.4 cm³/mol. The van der Waals surface area contributed by atoms with E-state index < -0.39 is 0 Å². The van der Waals surface area contributed by atoms with Gasteiger partial charge in [-0.3, -0.25) is 9.59 Å². The van der Waals surface area contributed by atoms with Crippen molar-refractivity contribution in [2.45, 2.75) is 0 Å². The molecule has 0 unspecified atom stereocenters. The van der Waals surface area contributed by atoms with E-state index in [4.69, 9.17) is 9.47 Å². The number of carbonyl (C=O) groups excluding carboxylic acids is 2. The minimum absolute atomic E-state index is 0.223. The Morgan fingerprint density at radius 3 is 1.27 bits per heavy atom. The highest BCUT2D eigenvalue weighted by atomic mass is 16.5. The van der Waals surface area contributed by atoms with Gasteiger partial charge >= 0.3 is 0 Å². The lowest BCUT2D eigenvalue weighted by atomic mass is 10.1. The van der Waals surface area contributed by atoms with Gasteiger partial charge in [-0.25, -0.2) is 0 Å². The zero-order chi connectivity index (χ0) is 18.5. The fourth-order valence-corrected chi connectivity index (χ4v) is 2.42. The molecule has 0 heterocycles. The van der Waals surface area contributed by atoms with Crippen LogP contribution in [-0.2, 0) is 9.59 Å². The zero-order valence-corrected chi connectivity index (χ0v) is 14.4. The summed E-state index contributed by atoms with van der Waals surface area (Å²) in [6, 6.07) is 14.2. The van der Waals surface area contributed by atoms with E-state index in [1.807, 2.05) is 0 Å². The topological polar surface area (TPSA) is 76.7 Å². The summed E-state index contributed by atoms with van der Waals surface area (Å²) in [6.45, 7) is 0. The molecule has 0 aliphatic heterocycles. The average molecular weight is 350 g/mol. The Morgan fingerprint density at radius 2 is 0.962 bits per heavy atom. The summed E-state index contributed by atoms with van der Waals surface area (Å²) in [5, 5.41) is 5.92. The van der Waals surface area contributed by atoms with Gasteiger partial charge in [0.25, 0.3) is 0 Å². The lowest BCUT2D eigenvalue weighted by Gasteiger charge is -2.16. The van der Waals surface area contributed by atoms with Crippen LogP contribution in [0.15, 0.2) is 72.1 Å². The number of methoxy groups -OCH3 is 2. The highest BCUT2D eigenvalue weighted by Crippen LogP contribution is 2.21. The number of nitrogens with one attached hydrogen (secondary N) is 2. The van der Waals surface area contributed by atoms with Gasteiger partial charge in [-0.05, 0) is 48.5 Å². The predicted octanol–water partition coefficient (Wildman–Crippen LogP) is 3.15. The van der Waals surface area contributed by atoms with Crippen LogP contribution < -0.4 is 20.1 Å². The van der Waals surface area contributed by atoms with E-state index in [1.165, 1.54) is 12.2 Å². The van der Waals surface area contributed by atoms with Crippen molar-refractivity contribution in [3.63, 3.8) is 0 Å².